The fourth-order valence-corrected chi connectivity index (χ4v) is 3.18. The van der Waals surface area contributed by atoms with Gasteiger partial charge in [0.15, 0.2) is 0 Å². The Morgan fingerprint density at radius 1 is 1.38 bits per heavy atom. The Kier molecular flexibility index (Phi) is 7.63. The third-order valence-corrected chi connectivity index (χ3v) is 4.54. The summed E-state index contributed by atoms with van der Waals surface area (Å²) in [4.78, 5) is 16.9. The van der Waals surface area contributed by atoms with Gasteiger partial charge in [-0.25, -0.2) is 0 Å². The van der Waals surface area contributed by atoms with Crippen LogP contribution >= 0.6 is 0 Å². The second-order valence-electron chi connectivity index (χ2n) is 6.46. The number of nitrogens with zero attached hydrogens (tertiary/aromatic N) is 2. The minimum absolute atomic E-state index is 0.155. The van der Waals surface area contributed by atoms with E-state index in [9.17, 15) is 4.79 Å². The molecule has 1 aliphatic heterocycles. The zero-order valence-electron chi connectivity index (χ0n) is 14.4. The van der Waals surface area contributed by atoms with E-state index in [2.05, 4.69) is 29.1 Å². The van der Waals surface area contributed by atoms with E-state index in [1.807, 2.05) is 13.8 Å². The third kappa shape index (κ3) is 5.57. The number of ether oxygens (including phenoxy) is 1. The van der Waals surface area contributed by atoms with Gasteiger partial charge in [0.25, 0.3) is 0 Å². The summed E-state index contributed by atoms with van der Waals surface area (Å²) in [6.07, 6.45) is 3.00. The molecule has 1 heterocycles. The van der Waals surface area contributed by atoms with E-state index in [0.29, 0.717) is 6.04 Å². The number of methoxy groups -OCH3 is 1. The van der Waals surface area contributed by atoms with Gasteiger partial charge in [0.1, 0.15) is 5.54 Å². The molecule has 2 unspecified atom stereocenters. The Balaban J connectivity index is 2.33. The van der Waals surface area contributed by atoms with Crippen molar-refractivity contribution in [1.82, 2.24) is 15.1 Å². The van der Waals surface area contributed by atoms with Gasteiger partial charge in [-0.1, -0.05) is 6.92 Å². The number of esters is 1. The molecule has 0 aromatic rings. The molecule has 1 aliphatic rings. The van der Waals surface area contributed by atoms with Crippen LogP contribution in [0.15, 0.2) is 0 Å². The highest BCUT2D eigenvalue weighted by Gasteiger charge is 2.32. The minimum Gasteiger partial charge on any atom is -0.468 e. The fraction of sp³-hybridized carbons (Fsp3) is 0.938. The van der Waals surface area contributed by atoms with Gasteiger partial charge < -0.3 is 15.0 Å². The summed E-state index contributed by atoms with van der Waals surface area (Å²) in [5.74, 6) is -0.155. The molecular formula is C16H33N3O2. The fourth-order valence-electron chi connectivity index (χ4n) is 3.18. The Labute approximate surface area is 130 Å². The number of piperazine rings is 1. The van der Waals surface area contributed by atoms with Crippen molar-refractivity contribution < 1.29 is 9.53 Å². The maximum Gasteiger partial charge on any atom is 0.325 e. The van der Waals surface area contributed by atoms with E-state index in [4.69, 9.17) is 4.74 Å². The van der Waals surface area contributed by atoms with Crippen molar-refractivity contribution in [2.75, 3.05) is 46.9 Å². The summed E-state index contributed by atoms with van der Waals surface area (Å²) in [7, 11) is 3.65. The highest BCUT2D eigenvalue weighted by molar-refractivity contribution is 5.80. The second-order valence-corrected chi connectivity index (χ2v) is 6.46. The van der Waals surface area contributed by atoms with Crippen LogP contribution in [0.1, 0.15) is 40.0 Å². The van der Waals surface area contributed by atoms with Crippen LogP contribution in [-0.4, -0.2) is 74.2 Å². The summed E-state index contributed by atoms with van der Waals surface area (Å²) >= 11 is 0. The van der Waals surface area contributed by atoms with E-state index in [1.165, 1.54) is 7.11 Å². The van der Waals surface area contributed by atoms with Crippen LogP contribution in [0.4, 0.5) is 0 Å². The molecule has 1 saturated heterocycles. The van der Waals surface area contributed by atoms with Gasteiger partial charge in [-0.2, -0.15) is 0 Å². The predicted molar refractivity (Wildman–Crippen MR) is 86.5 cm³/mol. The van der Waals surface area contributed by atoms with Gasteiger partial charge in [0.05, 0.1) is 7.11 Å². The summed E-state index contributed by atoms with van der Waals surface area (Å²) in [5, 5.41) is 3.27. The lowest BCUT2D eigenvalue weighted by Gasteiger charge is -2.38. The van der Waals surface area contributed by atoms with Crippen LogP contribution < -0.4 is 5.32 Å². The molecule has 0 bridgehead atoms. The van der Waals surface area contributed by atoms with Gasteiger partial charge in [-0.3, -0.25) is 9.69 Å². The maximum absolute atomic E-state index is 11.9. The van der Waals surface area contributed by atoms with Crippen molar-refractivity contribution in [3.05, 3.63) is 0 Å². The first-order valence-electron chi connectivity index (χ1n) is 8.19. The van der Waals surface area contributed by atoms with Crippen molar-refractivity contribution in [2.45, 2.75) is 51.6 Å². The standard InChI is InChI=1S/C16H33N3O2/c1-6-17-16(3,15(20)21-5)9-7-8-10-19-12-11-18(4)13-14(19)2/h14,17H,6-13H2,1-5H3. The number of hydrogen-bond donors (Lipinski definition) is 1. The first kappa shape index (κ1) is 18.4. The smallest absolute Gasteiger partial charge is 0.325 e. The van der Waals surface area contributed by atoms with Crippen LogP contribution in [0, 0.1) is 0 Å². The van der Waals surface area contributed by atoms with E-state index in [-0.39, 0.29) is 5.97 Å². The van der Waals surface area contributed by atoms with Crippen LogP contribution in [0.5, 0.6) is 0 Å². The summed E-state index contributed by atoms with van der Waals surface area (Å²) < 4.78 is 4.93. The number of carbonyl (C=O) groups excluding carboxylic acids is 1. The Morgan fingerprint density at radius 3 is 2.67 bits per heavy atom. The van der Waals surface area contributed by atoms with Gasteiger partial charge in [0, 0.05) is 25.7 Å². The monoisotopic (exact) mass is 299 g/mol. The molecule has 1 fully saturated rings. The van der Waals surface area contributed by atoms with E-state index < -0.39 is 5.54 Å². The summed E-state index contributed by atoms with van der Waals surface area (Å²) in [6.45, 7) is 11.6. The molecule has 2 atom stereocenters. The number of unbranched alkanes of at least 4 members (excludes halogenated alkanes) is 1. The minimum atomic E-state index is -0.544. The summed E-state index contributed by atoms with van der Waals surface area (Å²) in [6, 6.07) is 0.629. The van der Waals surface area contributed by atoms with E-state index in [1.54, 1.807) is 0 Å². The molecule has 0 aliphatic carbocycles. The second kappa shape index (κ2) is 8.71. The molecule has 5 nitrogen and oxygen atoms in total. The lowest BCUT2D eigenvalue weighted by molar-refractivity contribution is -0.148. The first-order chi connectivity index (χ1) is 9.92. The van der Waals surface area contributed by atoms with Crippen molar-refractivity contribution in [1.29, 1.82) is 0 Å². The molecule has 0 amide bonds. The van der Waals surface area contributed by atoms with Crippen molar-refractivity contribution >= 4 is 5.97 Å². The van der Waals surface area contributed by atoms with Gasteiger partial charge in [-0.05, 0) is 53.2 Å². The van der Waals surface area contributed by atoms with Crippen molar-refractivity contribution in [3.63, 3.8) is 0 Å². The molecule has 0 radical (unpaired) electrons. The van der Waals surface area contributed by atoms with Crippen molar-refractivity contribution in [2.24, 2.45) is 0 Å². The molecule has 0 spiro atoms. The SMILES string of the molecule is CCNC(C)(CCCCN1CCN(C)CC1C)C(=O)OC. The number of rotatable bonds is 8. The Morgan fingerprint density at radius 2 is 2.10 bits per heavy atom. The average molecular weight is 299 g/mol. The molecule has 1 rings (SSSR count). The lowest BCUT2D eigenvalue weighted by atomic mass is 9.94. The highest BCUT2D eigenvalue weighted by Crippen LogP contribution is 2.17. The number of carbonyl (C=O) groups is 1. The Hall–Kier alpha value is -0.650. The van der Waals surface area contributed by atoms with Gasteiger partial charge in [0.2, 0.25) is 0 Å². The number of likely N-dealkylation sites (N-methyl/N-ethyl adjacent to an activating group) is 2. The predicted octanol–water partition coefficient (Wildman–Crippen LogP) is 1.33. The normalized spacial score (nSPS) is 23.8. The largest absolute Gasteiger partial charge is 0.468 e. The van der Waals surface area contributed by atoms with Crippen LogP contribution in [0.25, 0.3) is 0 Å². The van der Waals surface area contributed by atoms with E-state index >= 15 is 0 Å². The molecule has 0 aromatic heterocycles. The lowest BCUT2D eigenvalue weighted by Crippen LogP contribution is -2.51. The third-order valence-electron chi connectivity index (χ3n) is 4.54. The van der Waals surface area contributed by atoms with Crippen molar-refractivity contribution in [3.8, 4) is 0 Å². The molecule has 1 N–H and O–H groups in total. The zero-order valence-corrected chi connectivity index (χ0v) is 14.4. The summed E-state index contributed by atoms with van der Waals surface area (Å²) in [5.41, 5.74) is -0.544. The van der Waals surface area contributed by atoms with Crippen LogP contribution in [0.3, 0.4) is 0 Å². The quantitative estimate of drug-likeness (QED) is 0.541. The highest BCUT2D eigenvalue weighted by atomic mass is 16.5. The topological polar surface area (TPSA) is 44.8 Å². The molecular weight excluding hydrogens is 266 g/mol. The number of hydrogen-bond acceptors (Lipinski definition) is 5. The molecule has 0 saturated carbocycles. The zero-order chi connectivity index (χ0) is 15.9. The van der Waals surface area contributed by atoms with Crippen LogP contribution in [-0.2, 0) is 9.53 Å². The molecule has 5 heteroatoms. The van der Waals surface area contributed by atoms with Gasteiger partial charge >= 0.3 is 5.97 Å². The molecule has 21 heavy (non-hydrogen) atoms. The molecule has 124 valence electrons. The first-order valence-corrected chi connectivity index (χ1v) is 8.19. The van der Waals surface area contributed by atoms with E-state index in [0.717, 1.165) is 52.0 Å². The van der Waals surface area contributed by atoms with Crippen LogP contribution in [0.2, 0.25) is 0 Å². The maximum atomic E-state index is 11.9. The van der Waals surface area contributed by atoms with Gasteiger partial charge in [-0.15, -0.1) is 0 Å². The number of nitrogens with one attached hydrogen (secondary N) is 1. The average Bonchev–Trinajstić information content (AvgIpc) is 2.44. The molecule has 0 aromatic carbocycles. The Bertz CT molecular complexity index is 325.